The van der Waals surface area contributed by atoms with E-state index in [2.05, 4.69) is 77.2 Å². The molecule has 1 heterocycles. The third-order valence-electron chi connectivity index (χ3n) is 2.25. The zero-order chi connectivity index (χ0) is 21.1. The summed E-state index contributed by atoms with van der Waals surface area (Å²) < 4.78 is 50.6. The maximum atomic E-state index is 7.50. The molecule has 1 aromatic rings. The van der Waals surface area contributed by atoms with Crippen LogP contribution in [0.15, 0.2) is 30.3 Å². The molecular formula is C17H14MoO7Se. The average Bonchev–Trinajstić information content (AvgIpc) is 2.74. The Hall–Kier alpha value is -1.17. The van der Waals surface area contributed by atoms with E-state index in [1.54, 1.807) is 0 Å². The van der Waals surface area contributed by atoms with Gasteiger partial charge in [-0.1, -0.05) is 0 Å². The van der Waals surface area contributed by atoms with Crippen molar-refractivity contribution in [3.05, 3.63) is 75.8 Å². The van der Waals surface area contributed by atoms with Crippen molar-refractivity contribution in [2.45, 2.75) is 23.2 Å². The molecule has 2 atom stereocenters. The summed E-state index contributed by atoms with van der Waals surface area (Å²) in [5.74, 6) is 0. The van der Waals surface area contributed by atoms with E-state index in [0.29, 0.717) is 20.0 Å². The molecule has 0 bridgehead atoms. The van der Waals surface area contributed by atoms with Gasteiger partial charge in [0.15, 0.2) is 0 Å². The molecular weight excluding hydrogens is 491 g/mol. The fourth-order valence-corrected chi connectivity index (χ4v) is 3.89. The van der Waals surface area contributed by atoms with E-state index in [4.69, 9.17) is 32.6 Å². The van der Waals surface area contributed by atoms with Gasteiger partial charge in [-0.3, -0.25) is 0 Å². The number of ether oxygens (including phenoxy) is 1. The van der Waals surface area contributed by atoms with Crippen LogP contribution in [-0.4, -0.2) is 26.6 Å². The summed E-state index contributed by atoms with van der Waals surface area (Å²) in [6.07, 6.45) is 1.23. The Morgan fingerprint density at radius 1 is 0.846 bits per heavy atom. The molecule has 1 aromatic carbocycles. The molecule has 1 aliphatic rings. The first-order valence-electron chi connectivity index (χ1n) is 5.94. The van der Waals surface area contributed by atoms with Crippen LogP contribution in [0.25, 0.3) is 0 Å². The van der Waals surface area contributed by atoms with Gasteiger partial charge >= 0.3 is 153 Å². The molecule has 0 unspecified atom stereocenters. The standard InChI is InChI=1S/C11H14OSe.6CO.Mo/c1-2-12-11-8-10(13-11)9-6-4-3-5-7-9;6*1-2;/h3-7,10-11H,2,8H2,1H3;;;;;;;/t10-,11+;;;;;;;/m1......./s1. The Morgan fingerprint density at radius 3 is 1.50 bits per heavy atom. The van der Waals surface area contributed by atoms with Crippen molar-refractivity contribution in [3.8, 4) is 0 Å². The topological polar surface area (TPSA) is 129 Å². The Balaban J connectivity index is -0.0000000663. The SMILES string of the molecule is CCO[C@@H]1C[C@H](c2ccccc2)[Se]1.[C-]#[O+].[C-]#[O+].[C-]#[O+].[C-]#[O+].[C-]#[O+].[C-]#[O+].[Mo]. The molecule has 9 heteroatoms. The molecule has 0 amide bonds. The first-order valence-corrected chi connectivity index (χ1v) is 7.92. The number of benzene rings is 1. The fraction of sp³-hybridized carbons (Fsp3) is 0.294. The second-order valence-electron chi connectivity index (χ2n) is 3.16. The second kappa shape index (κ2) is 43.8. The van der Waals surface area contributed by atoms with Crippen molar-refractivity contribution in [1.82, 2.24) is 0 Å². The van der Waals surface area contributed by atoms with E-state index in [-0.39, 0.29) is 21.1 Å². The minimum atomic E-state index is 0. The van der Waals surface area contributed by atoms with Crippen LogP contribution in [0.5, 0.6) is 0 Å². The number of rotatable bonds is 3. The van der Waals surface area contributed by atoms with Crippen molar-refractivity contribution < 1.29 is 53.7 Å². The third-order valence-corrected chi connectivity index (χ3v) is 5.24. The van der Waals surface area contributed by atoms with E-state index in [1.165, 1.54) is 12.0 Å². The van der Waals surface area contributed by atoms with Gasteiger partial charge in [-0.05, 0) is 0 Å². The van der Waals surface area contributed by atoms with Gasteiger partial charge in [0.2, 0.25) is 0 Å². The predicted molar refractivity (Wildman–Crippen MR) is 78.5 cm³/mol. The van der Waals surface area contributed by atoms with Gasteiger partial charge in [-0.15, -0.1) is 0 Å². The van der Waals surface area contributed by atoms with Crippen LogP contribution >= 0.6 is 0 Å². The number of hydrogen-bond donors (Lipinski definition) is 0. The molecule has 136 valence electrons. The molecule has 0 N–H and O–H groups in total. The van der Waals surface area contributed by atoms with Crippen LogP contribution in [0.4, 0.5) is 0 Å². The monoisotopic (exact) mass is 508 g/mol. The zero-order valence-electron chi connectivity index (χ0n) is 13.6. The minimum Gasteiger partial charge on any atom is 0 e. The molecule has 0 aliphatic carbocycles. The van der Waals surface area contributed by atoms with E-state index in [9.17, 15) is 0 Å². The molecule has 1 saturated heterocycles. The van der Waals surface area contributed by atoms with Crippen molar-refractivity contribution in [2.24, 2.45) is 0 Å². The van der Waals surface area contributed by atoms with Crippen molar-refractivity contribution >= 4 is 15.0 Å². The molecule has 1 aliphatic heterocycles. The van der Waals surface area contributed by atoms with Crippen LogP contribution < -0.4 is 0 Å². The van der Waals surface area contributed by atoms with Gasteiger partial charge in [0.25, 0.3) is 0 Å². The Kier molecular flexibility index (Phi) is 67.1. The zero-order valence-corrected chi connectivity index (χ0v) is 17.3. The Bertz CT molecular complexity index is 442. The van der Waals surface area contributed by atoms with Gasteiger partial charge in [0.05, 0.1) is 0 Å². The van der Waals surface area contributed by atoms with E-state index in [1.807, 2.05) is 0 Å². The first kappa shape index (κ1) is 39.8. The Labute approximate surface area is 174 Å². The van der Waals surface area contributed by atoms with Gasteiger partial charge in [-0.25, -0.2) is 0 Å². The second-order valence-corrected chi connectivity index (χ2v) is 6.02. The molecule has 0 spiro atoms. The molecule has 0 radical (unpaired) electrons. The smallest absolute Gasteiger partial charge is 0 e. The third kappa shape index (κ3) is 22.8. The van der Waals surface area contributed by atoms with Gasteiger partial charge in [0.1, 0.15) is 0 Å². The van der Waals surface area contributed by atoms with Crippen LogP contribution in [0, 0.1) is 39.9 Å². The normalized spacial score (nSPS) is 13.9. The summed E-state index contributed by atoms with van der Waals surface area (Å²) in [6.45, 7) is 29.9. The number of hydrogen-bond acceptors (Lipinski definition) is 1. The van der Waals surface area contributed by atoms with Crippen LogP contribution in [0.2, 0.25) is 0 Å². The first-order chi connectivity index (χ1) is 12.4. The molecule has 7 nitrogen and oxygen atoms in total. The largest absolute Gasteiger partial charge is 0 e. The van der Waals surface area contributed by atoms with Crippen molar-refractivity contribution in [1.29, 1.82) is 0 Å². The molecule has 0 saturated carbocycles. The Morgan fingerprint density at radius 2 is 1.19 bits per heavy atom. The average molecular weight is 505 g/mol. The minimum absolute atomic E-state index is 0. The summed E-state index contributed by atoms with van der Waals surface area (Å²) >= 11 is 0.664. The van der Waals surface area contributed by atoms with Crippen LogP contribution in [0.3, 0.4) is 0 Å². The summed E-state index contributed by atoms with van der Waals surface area (Å²) in [6, 6.07) is 10.8. The molecule has 1 fully saturated rings. The summed E-state index contributed by atoms with van der Waals surface area (Å²) in [5, 5.41) is 0.586. The van der Waals surface area contributed by atoms with E-state index >= 15 is 0 Å². The van der Waals surface area contributed by atoms with E-state index < -0.39 is 0 Å². The van der Waals surface area contributed by atoms with Gasteiger partial charge in [0, 0.05) is 21.1 Å². The van der Waals surface area contributed by atoms with Crippen LogP contribution in [-0.2, 0) is 53.7 Å². The predicted octanol–water partition coefficient (Wildman–Crippen LogP) is 1.97. The maximum absolute atomic E-state index is 7.50. The van der Waals surface area contributed by atoms with Crippen LogP contribution in [0.1, 0.15) is 23.7 Å². The van der Waals surface area contributed by atoms with Gasteiger partial charge in [-0.2, -0.15) is 0 Å². The fourth-order valence-electron chi connectivity index (χ4n) is 1.52. The molecule has 0 aromatic heterocycles. The quantitative estimate of drug-likeness (QED) is 0.348. The summed E-state index contributed by atoms with van der Waals surface area (Å²) in [7, 11) is 0. The van der Waals surface area contributed by atoms with Crippen molar-refractivity contribution in [2.75, 3.05) is 6.61 Å². The molecule has 26 heavy (non-hydrogen) atoms. The summed E-state index contributed by atoms with van der Waals surface area (Å²) in [4.78, 5) is 0.810. The van der Waals surface area contributed by atoms with E-state index in [0.717, 1.165) is 11.4 Å². The van der Waals surface area contributed by atoms with Gasteiger partial charge < -0.3 is 0 Å². The molecule has 2 rings (SSSR count). The summed E-state index contributed by atoms with van der Waals surface area (Å²) in [5.41, 5.74) is 1.50. The van der Waals surface area contributed by atoms with Crippen molar-refractivity contribution in [3.63, 3.8) is 0 Å². The maximum Gasteiger partial charge on any atom is 0 e.